The van der Waals surface area contributed by atoms with Gasteiger partial charge in [-0.25, -0.2) is 0 Å². The molecule has 120 heavy (non-hydrogen) atoms. The number of esters is 2. The predicted octanol–water partition coefficient (Wildman–Crippen LogP) is 19.8. The number of ether oxygens (including phenoxy) is 2. The van der Waals surface area contributed by atoms with Crippen LogP contribution in [0.2, 0.25) is 48.4 Å². The maximum Gasteiger partial charge on any atom is 0.479 e. The smallest absolute Gasteiger partial charge is 0.466 e. The second-order valence-electron chi connectivity index (χ2n) is 30.7. The molecular formula is C84H126N2O18S8Si8. The van der Waals surface area contributed by atoms with Crippen molar-refractivity contribution < 1.29 is 78.0 Å². The molecule has 36 heteroatoms. The summed E-state index contributed by atoms with van der Waals surface area (Å²) in [6.07, 6.45) is 13.6. The molecule has 8 aliphatic rings. The van der Waals surface area contributed by atoms with E-state index in [2.05, 4.69) is 65.2 Å². The van der Waals surface area contributed by atoms with Crippen LogP contribution in [0.25, 0.3) is 0 Å². The van der Waals surface area contributed by atoms with Crippen molar-refractivity contribution in [3.8, 4) is 23.7 Å². The molecule has 0 aromatic heterocycles. The van der Waals surface area contributed by atoms with Gasteiger partial charge >= 0.3 is 82.4 Å². The third-order valence-corrected chi connectivity index (χ3v) is 69.0. The Morgan fingerprint density at radius 3 is 0.758 bits per heavy atom. The first-order chi connectivity index (χ1) is 58.5. The van der Waals surface area contributed by atoms with Gasteiger partial charge in [0.2, 0.25) is 11.8 Å². The topological polar surface area (TPSA) is 204 Å². The van der Waals surface area contributed by atoms with Crippen LogP contribution in [-0.2, 0) is 91.1 Å². The fourth-order valence-corrected chi connectivity index (χ4v) is 77.8. The fourth-order valence-electron chi connectivity index (χ4n) is 14.4. The number of benzene rings is 4. The first kappa shape index (κ1) is 98.5. The van der Waals surface area contributed by atoms with Crippen LogP contribution in [0.5, 0.6) is 0 Å². The van der Waals surface area contributed by atoms with Crippen LogP contribution in [0, 0.1) is 23.7 Å². The maximum atomic E-state index is 14.2. The molecule has 2 amide bonds. The highest BCUT2D eigenvalue weighted by molar-refractivity contribution is 8.00. The van der Waals surface area contributed by atoms with Crippen molar-refractivity contribution in [2.24, 2.45) is 0 Å². The largest absolute Gasteiger partial charge is 0.479 e. The third kappa shape index (κ3) is 29.5. The van der Waals surface area contributed by atoms with Gasteiger partial charge in [-0.1, -0.05) is 164 Å². The summed E-state index contributed by atoms with van der Waals surface area (Å²) in [7, 11) is -34.3. The van der Waals surface area contributed by atoms with Crippen molar-refractivity contribution in [1.29, 1.82) is 0 Å². The molecule has 4 aromatic rings. The van der Waals surface area contributed by atoms with Crippen LogP contribution in [0.15, 0.2) is 97.1 Å². The molecule has 0 saturated carbocycles. The Hall–Kier alpha value is -2.06. The van der Waals surface area contributed by atoms with Crippen molar-refractivity contribution >= 4 is 200 Å². The van der Waals surface area contributed by atoms with Crippen molar-refractivity contribution in [1.82, 2.24) is 0 Å². The highest BCUT2D eigenvalue weighted by Gasteiger charge is 2.83. The highest BCUT2D eigenvalue weighted by atomic mass is 32.2. The van der Waals surface area contributed by atoms with E-state index in [4.69, 9.17) is 58.9 Å². The number of fused-ring (bicyclic) bond motifs is 4. The Bertz CT molecular complexity index is 3740. The van der Waals surface area contributed by atoms with Gasteiger partial charge in [0.1, 0.15) is 0 Å². The van der Waals surface area contributed by atoms with Gasteiger partial charge in [-0.15, -0.1) is 0 Å². The van der Waals surface area contributed by atoms with E-state index < -0.39 is 82.4 Å². The van der Waals surface area contributed by atoms with E-state index in [9.17, 15) is 19.2 Å². The van der Waals surface area contributed by atoms with Gasteiger partial charge in [-0.05, 0) is 191 Å². The minimum atomic E-state index is -4.39. The summed E-state index contributed by atoms with van der Waals surface area (Å²) in [5.41, 5.74) is 6.57. The number of carbonyl (C=O) groups is 4. The molecule has 20 nitrogen and oxygen atoms in total. The van der Waals surface area contributed by atoms with Gasteiger partial charge < -0.3 is 68.7 Å². The summed E-state index contributed by atoms with van der Waals surface area (Å²) >= 11 is 14.7. The monoisotopic (exact) mass is 1930 g/mol. The van der Waals surface area contributed by atoms with E-state index in [0.717, 1.165) is 156 Å². The van der Waals surface area contributed by atoms with Crippen molar-refractivity contribution in [3.05, 3.63) is 130 Å². The quantitative estimate of drug-likeness (QED) is 0.0174. The molecule has 8 aliphatic heterocycles. The van der Waals surface area contributed by atoms with Crippen LogP contribution in [0.1, 0.15) is 190 Å². The average molecular weight is 1930 g/mol. The Balaban J connectivity index is 0.905. The number of hydrogen-bond acceptors (Lipinski definition) is 26. The lowest BCUT2D eigenvalue weighted by atomic mass is 10.0. The number of para-hydroxylation sites is 2. The first-order valence-corrected chi connectivity index (χ1v) is 68.5. The van der Waals surface area contributed by atoms with Crippen LogP contribution in [0.4, 0.5) is 11.4 Å². The number of carbonyl (C=O) groups excluding carboxylic acids is 4. The zero-order chi connectivity index (χ0) is 84.3. The normalized spacial score (nSPS) is 24.9. The second kappa shape index (κ2) is 50.8. The van der Waals surface area contributed by atoms with E-state index in [1.54, 1.807) is 33.3 Å². The zero-order valence-corrected chi connectivity index (χ0v) is 85.8. The number of nitrogens with zero attached hydrogens (tertiary/aromatic N) is 2. The van der Waals surface area contributed by atoms with Gasteiger partial charge in [0.25, 0.3) is 0 Å². The van der Waals surface area contributed by atoms with Crippen LogP contribution >= 0.6 is 94.1 Å². The summed E-state index contributed by atoms with van der Waals surface area (Å²) < 4.78 is 112. The molecule has 4 unspecified atom stereocenters. The molecule has 12 rings (SSSR count). The Morgan fingerprint density at radius 2 is 0.508 bits per heavy atom. The van der Waals surface area contributed by atoms with Crippen molar-refractivity contribution in [2.75, 3.05) is 115 Å². The molecule has 0 N–H and O–H groups in total. The molecule has 6 saturated heterocycles. The summed E-state index contributed by atoms with van der Waals surface area (Å²) in [5, 5.41) is 0. The van der Waals surface area contributed by atoms with E-state index >= 15 is 0 Å². The average Bonchev–Trinajstić information content (AvgIpc) is 0.685. The lowest BCUT2D eigenvalue weighted by molar-refractivity contribution is -0.145. The molecule has 660 valence electrons. The molecule has 6 fully saturated rings. The Morgan fingerprint density at radius 1 is 0.292 bits per heavy atom. The van der Waals surface area contributed by atoms with Gasteiger partial charge in [-0.2, -0.15) is 94.1 Å². The van der Waals surface area contributed by atoms with Crippen LogP contribution in [-0.4, -0.2) is 199 Å². The molecule has 4 aromatic carbocycles. The molecule has 8 bridgehead atoms. The Kier molecular flexibility index (Phi) is 41.7. The summed E-state index contributed by atoms with van der Waals surface area (Å²) in [6, 6.07) is 34.1. The van der Waals surface area contributed by atoms with Crippen LogP contribution < -0.4 is 9.80 Å². The van der Waals surface area contributed by atoms with E-state index in [0.29, 0.717) is 132 Å². The number of thioether (sulfide) groups is 8. The van der Waals surface area contributed by atoms with E-state index in [1.165, 1.54) is 0 Å². The lowest BCUT2D eigenvalue weighted by Crippen LogP contribution is -2.88. The van der Waals surface area contributed by atoms with Gasteiger partial charge in [0.15, 0.2) is 0 Å². The molecule has 0 aliphatic carbocycles. The molecule has 0 radical (unpaired) electrons. The standard InChI is InChI=1S/C84H126N2O18S8Si8/c1-7-13-47-105-55-63-113-93-114(64-56-106-48-14-8-2)96-117(67-59-109-51-17-11-5)98-115(94-113,65-57-107-49-15-9-3)100-119(69-61-111-53-27-45-91-83(89)43-41-81(87)85-71-77-33-21-19-29-73(77)37-39-75-31-23-25-35-79(75)85)101-116(95-113,66-58-108-50-16-10-4)99-118(97-114,68-60-110-52-18-12-6)103-120(102-117,104-119)70-62-112-54-28-46-92-84(90)44-42-82(88)86-72-78-34-22-20-30-74(78)38-40-76-32-24-26-36-80(76)86/h19-26,29-36H,7-18,27-28,41-72H2,1-6H3. The van der Waals surface area contributed by atoms with E-state index in [-0.39, 0.29) is 50.7 Å². The SMILES string of the molecule is CCCCSCC[Si]12O[Si]3(CCSCCCC)O[Si]4(CCSCCCC)O[Si](CCSCCCC)(O1)O[Si]1(CCSCCCOC(=O)CCC(=O)N5Cc6ccccc6C#Cc6ccccc65)O[Si](CCSCCCC)(O2)O[Si](CCSCCCC)(O3)O[Si](CCSCCCOC(=O)CCC(=O)N2Cc3ccccc3C#Cc3ccccc32)(O4)O1. The maximum absolute atomic E-state index is 14.2. The number of anilines is 2. The number of amides is 2. The third-order valence-electron chi connectivity index (χ3n) is 20.8. The Labute approximate surface area is 758 Å². The highest BCUT2D eigenvalue weighted by Crippen LogP contribution is 2.55. The van der Waals surface area contributed by atoms with Gasteiger partial charge in [0.05, 0.1) is 50.5 Å². The first-order valence-electron chi connectivity index (χ1n) is 43.8. The van der Waals surface area contributed by atoms with Crippen molar-refractivity contribution in [3.63, 3.8) is 0 Å². The van der Waals surface area contributed by atoms with Gasteiger partial charge in [0, 0.05) is 83.4 Å². The summed E-state index contributed by atoms with van der Waals surface area (Å²) in [5.74, 6) is 23.9. The number of unbranched alkanes of at least 4 members (excludes halogenated alkanes) is 6. The molecule has 8 heterocycles. The second-order valence-corrected chi connectivity index (χ2v) is 65.2. The number of hydrogen-bond donors (Lipinski definition) is 0. The van der Waals surface area contributed by atoms with Crippen molar-refractivity contribution in [2.45, 2.75) is 219 Å². The lowest BCUT2D eigenvalue weighted by Gasteiger charge is -2.63. The van der Waals surface area contributed by atoms with Crippen LogP contribution in [0.3, 0.4) is 0 Å². The summed E-state index contributed by atoms with van der Waals surface area (Å²) in [4.78, 5) is 59.2. The number of rotatable bonds is 56. The molecule has 4 atom stereocenters. The predicted molar refractivity (Wildman–Crippen MR) is 515 cm³/mol. The van der Waals surface area contributed by atoms with Gasteiger partial charge in [-0.3, -0.25) is 19.2 Å². The minimum absolute atomic E-state index is 0.0186. The summed E-state index contributed by atoms with van der Waals surface area (Å²) in [6.45, 7) is 14.4. The molecule has 0 spiro atoms. The van der Waals surface area contributed by atoms with E-state index in [1.807, 2.05) is 168 Å². The fraction of sp³-hybridized carbons (Fsp3) is 0.619. The zero-order valence-electron chi connectivity index (χ0n) is 71.3. The minimum Gasteiger partial charge on any atom is -0.466 e. The molecular weight excluding hydrogens is 1810 g/mol.